The molecule has 0 unspecified atom stereocenters. The molecule has 0 N–H and O–H groups in total. The fourth-order valence-corrected chi connectivity index (χ4v) is 0.908. The summed E-state index contributed by atoms with van der Waals surface area (Å²) < 4.78 is 4.92. The smallest absolute Gasteiger partial charge is 0.269 e. The largest absolute Gasteiger partial charge is 0.497 e. The molecule has 0 amide bonds. The van der Waals surface area contributed by atoms with Crippen molar-refractivity contribution in [1.82, 2.24) is 0 Å². The van der Waals surface area contributed by atoms with E-state index in [0.29, 0.717) is 11.3 Å². The second-order valence-corrected chi connectivity index (χ2v) is 2.44. The molecule has 0 aliphatic carbocycles. The van der Waals surface area contributed by atoms with Gasteiger partial charge in [-0.2, -0.15) is 0 Å². The highest BCUT2D eigenvalue weighted by Crippen LogP contribution is 2.18. The van der Waals surface area contributed by atoms with Gasteiger partial charge in [-0.3, -0.25) is 10.1 Å². The van der Waals surface area contributed by atoms with Crippen molar-refractivity contribution in [2.45, 2.75) is 0 Å². The summed E-state index contributed by atoms with van der Waals surface area (Å²) in [6.45, 7) is 3.35. The number of hydrogen-bond acceptors (Lipinski definition) is 3. The first-order valence-corrected chi connectivity index (χ1v) is 3.63. The van der Waals surface area contributed by atoms with Crippen molar-refractivity contribution >= 4 is 5.70 Å². The van der Waals surface area contributed by atoms with E-state index in [-0.39, 0.29) is 5.70 Å². The molecule has 1 rings (SSSR count). The number of nitrogens with zero attached hydrogens (tertiary/aromatic N) is 1. The molecule has 0 heterocycles. The minimum Gasteiger partial charge on any atom is -0.497 e. The molecule has 1 aromatic rings. The topological polar surface area (TPSA) is 52.4 Å². The zero-order chi connectivity index (χ0) is 9.84. The standard InChI is InChI=1S/C9H9NO3/c1-7(10(11)12)8-4-3-5-9(6-8)13-2/h3-6H,1H2,2H3. The Balaban J connectivity index is 3.02. The molecule has 4 heteroatoms. The lowest BCUT2D eigenvalue weighted by Gasteiger charge is -2.00. The van der Waals surface area contributed by atoms with Crippen LogP contribution in [0, 0.1) is 10.1 Å². The summed E-state index contributed by atoms with van der Waals surface area (Å²) in [7, 11) is 1.51. The number of hydrogen-bond donors (Lipinski definition) is 0. The van der Waals surface area contributed by atoms with Crippen LogP contribution in [0.15, 0.2) is 30.8 Å². The average molecular weight is 179 g/mol. The summed E-state index contributed by atoms with van der Waals surface area (Å²) in [5.41, 5.74) is 0.336. The molecule has 0 bridgehead atoms. The molecule has 0 spiro atoms. The molecule has 0 aliphatic rings. The van der Waals surface area contributed by atoms with Crippen molar-refractivity contribution < 1.29 is 9.66 Å². The lowest BCUT2D eigenvalue weighted by Crippen LogP contribution is -1.96. The molecule has 4 nitrogen and oxygen atoms in total. The molecule has 0 atom stereocenters. The summed E-state index contributed by atoms with van der Waals surface area (Å²) >= 11 is 0. The maximum atomic E-state index is 10.4. The van der Waals surface area contributed by atoms with Crippen LogP contribution in [0.5, 0.6) is 5.75 Å². The highest BCUT2D eigenvalue weighted by Gasteiger charge is 2.10. The number of benzene rings is 1. The Morgan fingerprint density at radius 1 is 1.62 bits per heavy atom. The quantitative estimate of drug-likeness (QED) is 0.526. The van der Waals surface area contributed by atoms with Gasteiger partial charge in [0.15, 0.2) is 0 Å². The van der Waals surface area contributed by atoms with Crippen molar-refractivity contribution in [2.75, 3.05) is 7.11 Å². The number of ether oxygens (including phenoxy) is 1. The Labute approximate surface area is 75.6 Å². The third kappa shape index (κ3) is 2.05. The van der Waals surface area contributed by atoms with Gasteiger partial charge in [-0.1, -0.05) is 6.07 Å². The highest BCUT2D eigenvalue weighted by atomic mass is 16.6. The van der Waals surface area contributed by atoms with E-state index in [0.717, 1.165) is 0 Å². The predicted molar refractivity (Wildman–Crippen MR) is 49.0 cm³/mol. The van der Waals surface area contributed by atoms with Crippen LogP contribution in [0.1, 0.15) is 5.56 Å². The number of nitro groups is 1. The van der Waals surface area contributed by atoms with E-state index in [1.807, 2.05) is 0 Å². The van der Waals surface area contributed by atoms with Gasteiger partial charge in [-0.25, -0.2) is 0 Å². The van der Waals surface area contributed by atoms with Gasteiger partial charge >= 0.3 is 0 Å². The zero-order valence-corrected chi connectivity index (χ0v) is 7.19. The first-order valence-electron chi connectivity index (χ1n) is 3.63. The first-order chi connectivity index (χ1) is 6.15. The Morgan fingerprint density at radius 3 is 2.85 bits per heavy atom. The summed E-state index contributed by atoms with van der Waals surface area (Å²) in [5.74, 6) is 0.584. The Kier molecular flexibility index (Phi) is 2.64. The van der Waals surface area contributed by atoms with Crippen molar-refractivity contribution in [3.05, 3.63) is 46.5 Å². The molecule has 0 fully saturated rings. The Hall–Kier alpha value is -1.84. The number of rotatable bonds is 3. The number of methoxy groups -OCH3 is 1. The van der Waals surface area contributed by atoms with Crippen molar-refractivity contribution in [1.29, 1.82) is 0 Å². The van der Waals surface area contributed by atoms with Crippen LogP contribution in [0.2, 0.25) is 0 Å². The Bertz CT molecular complexity index is 346. The van der Waals surface area contributed by atoms with Gasteiger partial charge < -0.3 is 4.74 Å². The zero-order valence-electron chi connectivity index (χ0n) is 7.19. The van der Waals surface area contributed by atoms with E-state index in [1.54, 1.807) is 24.3 Å². The predicted octanol–water partition coefficient (Wildman–Crippen LogP) is 1.94. The molecule has 0 aromatic heterocycles. The SMILES string of the molecule is C=C(c1cccc(OC)c1)[N+](=O)[O-]. The molecule has 0 aliphatic heterocycles. The lowest BCUT2D eigenvalue weighted by molar-refractivity contribution is -0.375. The van der Waals surface area contributed by atoms with Crippen LogP contribution in [0.4, 0.5) is 0 Å². The van der Waals surface area contributed by atoms with E-state index >= 15 is 0 Å². The van der Waals surface area contributed by atoms with Crippen LogP contribution in [0.3, 0.4) is 0 Å². The third-order valence-electron chi connectivity index (χ3n) is 1.62. The summed E-state index contributed by atoms with van der Waals surface area (Å²) in [5, 5.41) is 10.4. The van der Waals surface area contributed by atoms with Gasteiger partial charge in [-0.15, -0.1) is 0 Å². The van der Waals surface area contributed by atoms with Crippen molar-refractivity contribution in [2.24, 2.45) is 0 Å². The van der Waals surface area contributed by atoms with Gasteiger partial charge in [0.2, 0.25) is 0 Å². The van der Waals surface area contributed by atoms with Gasteiger partial charge in [0.1, 0.15) is 5.75 Å². The van der Waals surface area contributed by atoms with Gasteiger partial charge in [0, 0.05) is 0 Å². The molecular weight excluding hydrogens is 170 g/mol. The van der Waals surface area contributed by atoms with Crippen LogP contribution < -0.4 is 4.74 Å². The normalized spacial score (nSPS) is 9.31. The highest BCUT2D eigenvalue weighted by molar-refractivity contribution is 5.57. The van der Waals surface area contributed by atoms with E-state index < -0.39 is 4.92 Å². The molecule has 0 saturated carbocycles. The van der Waals surface area contributed by atoms with Crippen LogP contribution in [-0.2, 0) is 0 Å². The molecular formula is C9H9NO3. The summed E-state index contributed by atoms with van der Waals surface area (Å²) in [6.07, 6.45) is 0. The molecule has 1 aromatic carbocycles. The van der Waals surface area contributed by atoms with Crippen LogP contribution in [0.25, 0.3) is 5.70 Å². The molecule has 0 saturated heterocycles. The Morgan fingerprint density at radius 2 is 2.31 bits per heavy atom. The molecule has 13 heavy (non-hydrogen) atoms. The van der Waals surface area contributed by atoms with E-state index in [9.17, 15) is 10.1 Å². The maximum Gasteiger partial charge on any atom is 0.269 e. The molecule has 0 radical (unpaired) electrons. The van der Waals surface area contributed by atoms with Gasteiger partial charge in [-0.05, 0) is 24.8 Å². The monoisotopic (exact) mass is 179 g/mol. The fraction of sp³-hybridized carbons (Fsp3) is 0.111. The first kappa shape index (κ1) is 9.25. The lowest BCUT2D eigenvalue weighted by atomic mass is 10.2. The second kappa shape index (κ2) is 3.71. The average Bonchev–Trinajstić information content (AvgIpc) is 2.16. The van der Waals surface area contributed by atoms with Crippen molar-refractivity contribution in [3.63, 3.8) is 0 Å². The summed E-state index contributed by atoms with van der Waals surface area (Å²) in [6, 6.07) is 6.60. The molecule has 68 valence electrons. The minimum atomic E-state index is -0.519. The van der Waals surface area contributed by atoms with Gasteiger partial charge in [0.05, 0.1) is 17.6 Å². The van der Waals surface area contributed by atoms with E-state index in [4.69, 9.17) is 4.74 Å². The fourth-order valence-electron chi connectivity index (χ4n) is 0.908. The van der Waals surface area contributed by atoms with Gasteiger partial charge in [0.25, 0.3) is 5.70 Å². The van der Waals surface area contributed by atoms with E-state index in [2.05, 4.69) is 6.58 Å². The van der Waals surface area contributed by atoms with Crippen LogP contribution in [-0.4, -0.2) is 12.0 Å². The maximum absolute atomic E-state index is 10.4. The van der Waals surface area contributed by atoms with Crippen molar-refractivity contribution in [3.8, 4) is 5.75 Å². The van der Waals surface area contributed by atoms with E-state index in [1.165, 1.54) is 7.11 Å². The second-order valence-electron chi connectivity index (χ2n) is 2.44. The minimum absolute atomic E-state index is 0.126. The third-order valence-corrected chi connectivity index (χ3v) is 1.62. The van der Waals surface area contributed by atoms with Crippen LogP contribution >= 0.6 is 0 Å². The summed E-state index contributed by atoms with van der Waals surface area (Å²) in [4.78, 5) is 9.85.